The van der Waals surface area contributed by atoms with Gasteiger partial charge < -0.3 is 0 Å². The third kappa shape index (κ3) is 4.14. The summed E-state index contributed by atoms with van der Waals surface area (Å²) in [6.07, 6.45) is 0.194. The van der Waals surface area contributed by atoms with Crippen molar-refractivity contribution < 1.29 is 13.6 Å². The van der Waals surface area contributed by atoms with E-state index in [0.29, 0.717) is 10.6 Å². The van der Waals surface area contributed by atoms with Crippen molar-refractivity contribution in [3.8, 4) is 0 Å². The van der Waals surface area contributed by atoms with E-state index in [1.165, 1.54) is 12.1 Å². The third-order valence-corrected chi connectivity index (χ3v) is 2.85. The van der Waals surface area contributed by atoms with E-state index in [2.05, 4.69) is 0 Å². The molecule has 19 heavy (non-hydrogen) atoms. The Morgan fingerprint density at radius 3 is 2.21 bits per heavy atom. The zero-order chi connectivity index (χ0) is 13.8. The number of carbonyl (C=O) groups excluding carboxylic acids is 1. The minimum atomic E-state index is -0.675. The molecular weight excluding hydrogens is 270 g/mol. The van der Waals surface area contributed by atoms with Crippen molar-refractivity contribution in [3.63, 3.8) is 0 Å². The van der Waals surface area contributed by atoms with E-state index in [4.69, 9.17) is 11.6 Å². The average molecular weight is 281 g/mol. The lowest BCUT2D eigenvalue weighted by Crippen LogP contribution is -2.07. The lowest BCUT2D eigenvalue weighted by atomic mass is 10.0. The standard InChI is InChI=1S/C15H11ClF2O/c16-12-3-1-2-10(4-12)7-15(19)8-11-5-13(17)9-14(18)6-11/h1-6,9H,7-8H2. The molecule has 1 nitrogen and oxygen atoms in total. The SMILES string of the molecule is O=C(Cc1cc(F)cc(F)c1)Cc1cccc(Cl)c1. The van der Waals surface area contributed by atoms with E-state index in [-0.39, 0.29) is 18.6 Å². The molecule has 0 radical (unpaired) electrons. The fraction of sp³-hybridized carbons (Fsp3) is 0.133. The Balaban J connectivity index is 2.05. The van der Waals surface area contributed by atoms with Crippen LogP contribution in [0.25, 0.3) is 0 Å². The molecule has 2 rings (SSSR count). The molecule has 98 valence electrons. The number of halogens is 3. The van der Waals surface area contributed by atoms with Gasteiger partial charge >= 0.3 is 0 Å². The van der Waals surface area contributed by atoms with Crippen LogP contribution in [-0.2, 0) is 17.6 Å². The molecule has 0 bridgehead atoms. The number of ketones is 1. The van der Waals surface area contributed by atoms with Crippen LogP contribution in [0.5, 0.6) is 0 Å². The molecule has 0 fully saturated rings. The number of benzene rings is 2. The minimum Gasteiger partial charge on any atom is -0.299 e. The highest BCUT2D eigenvalue weighted by Crippen LogP contribution is 2.13. The highest BCUT2D eigenvalue weighted by molar-refractivity contribution is 6.30. The van der Waals surface area contributed by atoms with Gasteiger partial charge in [-0.1, -0.05) is 23.7 Å². The first-order chi connectivity index (χ1) is 9.02. The summed E-state index contributed by atoms with van der Waals surface area (Å²) >= 11 is 5.82. The summed E-state index contributed by atoms with van der Waals surface area (Å²) in [5.74, 6) is -1.47. The maximum atomic E-state index is 13.0. The Labute approximate surface area is 114 Å². The molecule has 0 heterocycles. The van der Waals surface area contributed by atoms with Crippen molar-refractivity contribution in [1.29, 1.82) is 0 Å². The molecular formula is C15H11ClF2O. The number of carbonyl (C=O) groups is 1. The lowest BCUT2D eigenvalue weighted by Gasteiger charge is -2.03. The maximum Gasteiger partial charge on any atom is 0.141 e. The van der Waals surface area contributed by atoms with E-state index >= 15 is 0 Å². The van der Waals surface area contributed by atoms with Crippen LogP contribution >= 0.6 is 11.6 Å². The van der Waals surface area contributed by atoms with E-state index in [1.807, 2.05) is 0 Å². The van der Waals surface area contributed by atoms with Gasteiger partial charge in [-0.2, -0.15) is 0 Å². The predicted molar refractivity (Wildman–Crippen MR) is 70.2 cm³/mol. The van der Waals surface area contributed by atoms with Crippen molar-refractivity contribution >= 4 is 17.4 Å². The maximum absolute atomic E-state index is 13.0. The Morgan fingerprint density at radius 1 is 0.947 bits per heavy atom. The van der Waals surface area contributed by atoms with E-state index in [9.17, 15) is 13.6 Å². The third-order valence-electron chi connectivity index (χ3n) is 2.61. The molecule has 0 atom stereocenters. The van der Waals surface area contributed by atoms with Crippen molar-refractivity contribution in [2.75, 3.05) is 0 Å². The van der Waals surface area contributed by atoms with Crippen LogP contribution in [0.15, 0.2) is 42.5 Å². The summed E-state index contributed by atoms with van der Waals surface area (Å²) in [6.45, 7) is 0. The summed E-state index contributed by atoms with van der Waals surface area (Å²) in [4.78, 5) is 11.8. The summed E-state index contributed by atoms with van der Waals surface area (Å²) in [6, 6.07) is 10.1. The fourth-order valence-electron chi connectivity index (χ4n) is 1.88. The molecule has 2 aromatic rings. The Hall–Kier alpha value is -1.74. The predicted octanol–water partition coefficient (Wildman–Crippen LogP) is 3.97. The quantitative estimate of drug-likeness (QED) is 0.828. The van der Waals surface area contributed by atoms with Crippen LogP contribution in [0, 0.1) is 11.6 Å². The second kappa shape index (κ2) is 5.93. The van der Waals surface area contributed by atoms with E-state index in [0.717, 1.165) is 11.6 Å². The van der Waals surface area contributed by atoms with Crippen molar-refractivity contribution in [2.24, 2.45) is 0 Å². The van der Waals surface area contributed by atoms with Gasteiger partial charge in [-0.3, -0.25) is 4.79 Å². The molecule has 4 heteroatoms. The van der Waals surface area contributed by atoms with Crippen LogP contribution in [0.4, 0.5) is 8.78 Å². The normalized spacial score (nSPS) is 10.5. The van der Waals surface area contributed by atoms with Gasteiger partial charge in [0.1, 0.15) is 17.4 Å². The van der Waals surface area contributed by atoms with Gasteiger partial charge in [-0.15, -0.1) is 0 Å². The molecule has 0 unspecified atom stereocenters. The van der Waals surface area contributed by atoms with Gasteiger partial charge in [0.05, 0.1) is 0 Å². The number of hydrogen-bond donors (Lipinski definition) is 0. The van der Waals surface area contributed by atoms with Gasteiger partial charge in [0.15, 0.2) is 0 Å². The largest absolute Gasteiger partial charge is 0.299 e. The highest BCUT2D eigenvalue weighted by atomic mass is 35.5. The number of rotatable bonds is 4. The zero-order valence-electron chi connectivity index (χ0n) is 10.00. The molecule has 0 N–H and O–H groups in total. The second-order valence-corrected chi connectivity index (χ2v) is 4.74. The zero-order valence-corrected chi connectivity index (χ0v) is 10.8. The number of hydrogen-bond acceptors (Lipinski definition) is 1. The van der Waals surface area contributed by atoms with E-state index in [1.54, 1.807) is 24.3 Å². The first kappa shape index (κ1) is 13.7. The number of Topliss-reactive ketones (excluding diaryl/α,β-unsaturated/α-hetero) is 1. The van der Waals surface area contributed by atoms with Crippen molar-refractivity contribution in [1.82, 2.24) is 0 Å². The average Bonchev–Trinajstić information content (AvgIpc) is 2.26. The van der Waals surface area contributed by atoms with E-state index < -0.39 is 11.6 Å². The summed E-state index contributed by atoms with van der Waals surface area (Å²) in [5, 5.41) is 0.558. The van der Waals surface area contributed by atoms with Gasteiger partial charge in [-0.25, -0.2) is 8.78 Å². The molecule has 0 aliphatic heterocycles. The highest BCUT2D eigenvalue weighted by Gasteiger charge is 2.08. The topological polar surface area (TPSA) is 17.1 Å². The van der Waals surface area contributed by atoms with Crippen LogP contribution in [0.2, 0.25) is 5.02 Å². The molecule has 0 aliphatic rings. The first-order valence-electron chi connectivity index (χ1n) is 5.74. The monoisotopic (exact) mass is 280 g/mol. The first-order valence-corrected chi connectivity index (χ1v) is 6.12. The van der Waals surface area contributed by atoms with Crippen LogP contribution in [0.1, 0.15) is 11.1 Å². The Morgan fingerprint density at radius 2 is 1.58 bits per heavy atom. The van der Waals surface area contributed by atoms with Crippen LogP contribution < -0.4 is 0 Å². The van der Waals surface area contributed by atoms with Gasteiger partial charge in [0.2, 0.25) is 0 Å². The Kier molecular flexibility index (Phi) is 4.27. The molecule has 2 aromatic carbocycles. The van der Waals surface area contributed by atoms with Crippen LogP contribution in [0.3, 0.4) is 0 Å². The lowest BCUT2D eigenvalue weighted by molar-refractivity contribution is -0.117. The smallest absolute Gasteiger partial charge is 0.141 e. The fourth-order valence-corrected chi connectivity index (χ4v) is 2.09. The summed E-state index contributed by atoms with van der Waals surface area (Å²) < 4.78 is 26.0. The molecule has 0 saturated heterocycles. The van der Waals surface area contributed by atoms with Crippen molar-refractivity contribution in [2.45, 2.75) is 12.8 Å². The van der Waals surface area contributed by atoms with Gasteiger partial charge in [0.25, 0.3) is 0 Å². The molecule has 0 spiro atoms. The van der Waals surface area contributed by atoms with Gasteiger partial charge in [0, 0.05) is 23.9 Å². The molecule has 0 amide bonds. The van der Waals surface area contributed by atoms with Crippen LogP contribution in [-0.4, -0.2) is 5.78 Å². The summed E-state index contributed by atoms with van der Waals surface area (Å²) in [5.41, 5.74) is 1.12. The Bertz CT molecular complexity index is 591. The minimum absolute atomic E-state index is 0.00118. The second-order valence-electron chi connectivity index (χ2n) is 4.30. The van der Waals surface area contributed by atoms with Crippen molar-refractivity contribution in [3.05, 3.63) is 70.2 Å². The molecule has 0 aromatic heterocycles. The molecule has 0 aliphatic carbocycles. The summed E-state index contributed by atoms with van der Waals surface area (Å²) in [7, 11) is 0. The molecule has 0 saturated carbocycles. The van der Waals surface area contributed by atoms with Gasteiger partial charge in [-0.05, 0) is 35.4 Å².